The minimum atomic E-state index is 0.0597. The average molecular weight is 261 g/mol. The highest BCUT2D eigenvalue weighted by molar-refractivity contribution is 5.82. The molecule has 0 radical (unpaired) electrons. The fourth-order valence-electron chi connectivity index (χ4n) is 2.76. The lowest BCUT2D eigenvalue weighted by atomic mass is 10.1. The van der Waals surface area contributed by atoms with Gasteiger partial charge < -0.3 is 15.8 Å². The first-order valence-corrected chi connectivity index (χ1v) is 6.86. The van der Waals surface area contributed by atoms with Gasteiger partial charge in [-0.3, -0.25) is 0 Å². The van der Waals surface area contributed by atoms with Crippen molar-refractivity contribution in [1.29, 1.82) is 0 Å². The van der Waals surface area contributed by atoms with Gasteiger partial charge >= 0.3 is 0 Å². The van der Waals surface area contributed by atoms with Crippen molar-refractivity contribution >= 4 is 5.84 Å². The molecule has 19 heavy (non-hydrogen) atoms. The monoisotopic (exact) mass is 261 g/mol. The number of fused-ring (bicyclic) bond motifs is 1. The smallest absolute Gasteiger partial charge is 0.143 e. The van der Waals surface area contributed by atoms with Crippen molar-refractivity contribution in [3.8, 4) is 0 Å². The molecule has 0 saturated carbocycles. The summed E-state index contributed by atoms with van der Waals surface area (Å²) in [6, 6.07) is 6.81. The van der Waals surface area contributed by atoms with Crippen molar-refractivity contribution in [3.05, 3.63) is 34.9 Å². The lowest BCUT2D eigenvalue weighted by Gasteiger charge is -2.21. The van der Waals surface area contributed by atoms with Crippen LogP contribution in [0.2, 0.25) is 0 Å². The Morgan fingerprint density at radius 2 is 2.16 bits per heavy atom. The van der Waals surface area contributed by atoms with Crippen LogP contribution in [0.1, 0.15) is 30.0 Å². The van der Waals surface area contributed by atoms with E-state index in [9.17, 15) is 0 Å². The van der Waals surface area contributed by atoms with Gasteiger partial charge in [-0.2, -0.15) is 0 Å². The zero-order valence-corrected chi connectivity index (χ0v) is 11.8. The summed E-state index contributed by atoms with van der Waals surface area (Å²) >= 11 is 0. The van der Waals surface area contributed by atoms with E-state index in [1.165, 1.54) is 36.0 Å². The molecule has 1 aromatic carbocycles. The van der Waals surface area contributed by atoms with Gasteiger partial charge in [0.15, 0.2) is 0 Å². The second-order valence-corrected chi connectivity index (χ2v) is 5.58. The molecule has 1 aliphatic rings. The third-order valence-corrected chi connectivity index (χ3v) is 3.82. The first-order chi connectivity index (χ1) is 9.10. The summed E-state index contributed by atoms with van der Waals surface area (Å²) in [4.78, 5) is 2.21. The predicted octanol–water partition coefficient (Wildman–Crippen LogP) is 1.99. The average Bonchev–Trinajstić information content (AvgIpc) is 2.84. The van der Waals surface area contributed by atoms with Crippen LogP contribution in [0, 0.1) is 5.92 Å². The van der Waals surface area contributed by atoms with Crippen LogP contribution < -0.4 is 5.73 Å². The van der Waals surface area contributed by atoms with E-state index in [0.717, 1.165) is 13.1 Å². The first kappa shape index (κ1) is 13.9. The van der Waals surface area contributed by atoms with E-state index in [-0.39, 0.29) is 5.92 Å². The van der Waals surface area contributed by atoms with E-state index < -0.39 is 0 Å². The van der Waals surface area contributed by atoms with Crippen LogP contribution in [-0.4, -0.2) is 29.5 Å². The summed E-state index contributed by atoms with van der Waals surface area (Å²) in [5, 5.41) is 11.7. The second kappa shape index (κ2) is 6.06. The zero-order chi connectivity index (χ0) is 13.8. The Labute approximate surface area is 114 Å². The molecule has 0 saturated heterocycles. The highest BCUT2D eigenvalue weighted by Crippen LogP contribution is 2.23. The quantitative estimate of drug-likeness (QED) is 0.369. The van der Waals surface area contributed by atoms with Crippen LogP contribution in [-0.2, 0) is 19.4 Å². The molecule has 1 unspecified atom stereocenters. The summed E-state index contributed by atoms with van der Waals surface area (Å²) < 4.78 is 0. The summed E-state index contributed by atoms with van der Waals surface area (Å²) in [6.07, 6.45) is 3.73. The fraction of sp³-hybridized carbons (Fsp3) is 0.533. The molecule has 1 aliphatic carbocycles. The minimum absolute atomic E-state index is 0.0597. The van der Waals surface area contributed by atoms with Gasteiger partial charge in [-0.1, -0.05) is 30.3 Å². The zero-order valence-electron chi connectivity index (χ0n) is 11.8. The third kappa shape index (κ3) is 3.47. The van der Waals surface area contributed by atoms with E-state index in [2.05, 4.69) is 35.3 Å². The van der Waals surface area contributed by atoms with Crippen LogP contribution >= 0.6 is 0 Å². The number of benzene rings is 1. The molecule has 0 bridgehead atoms. The van der Waals surface area contributed by atoms with Crippen LogP contribution in [0.15, 0.2) is 23.4 Å². The van der Waals surface area contributed by atoms with Gasteiger partial charge in [0.1, 0.15) is 5.84 Å². The minimum Gasteiger partial charge on any atom is -0.409 e. The molecule has 3 N–H and O–H groups in total. The largest absolute Gasteiger partial charge is 0.409 e. The Kier molecular flexibility index (Phi) is 4.43. The first-order valence-electron chi connectivity index (χ1n) is 6.86. The number of aryl methyl sites for hydroxylation is 2. The van der Waals surface area contributed by atoms with E-state index >= 15 is 0 Å². The Hall–Kier alpha value is -1.55. The van der Waals surface area contributed by atoms with E-state index in [0.29, 0.717) is 5.84 Å². The Balaban J connectivity index is 1.94. The lowest BCUT2D eigenvalue weighted by Crippen LogP contribution is -2.32. The van der Waals surface area contributed by atoms with Crippen LogP contribution in [0.3, 0.4) is 0 Å². The van der Waals surface area contributed by atoms with Crippen molar-refractivity contribution in [2.24, 2.45) is 16.8 Å². The topological polar surface area (TPSA) is 61.8 Å². The van der Waals surface area contributed by atoms with Crippen LogP contribution in [0.4, 0.5) is 0 Å². The van der Waals surface area contributed by atoms with E-state index in [1.807, 2.05) is 6.92 Å². The standard InChI is InChI=1S/C15H23N3O/c1-11(15(16)17-19)9-18(2)10-12-6-7-13-4-3-5-14(13)8-12/h6-8,11,19H,3-5,9-10H2,1-2H3,(H2,16,17). The number of amidine groups is 1. The van der Waals surface area contributed by atoms with Crippen molar-refractivity contribution in [2.45, 2.75) is 32.7 Å². The Morgan fingerprint density at radius 3 is 2.89 bits per heavy atom. The SMILES string of the molecule is CC(CN(C)Cc1ccc2c(c1)CCC2)C(N)=NO. The summed E-state index contributed by atoms with van der Waals surface area (Å²) in [5.41, 5.74) is 9.97. The Bertz CT molecular complexity index is 470. The van der Waals surface area contributed by atoms with Gasteiger partial charge in [0.05, 0.1) is 0 Å². The van der Waals surface area contributed by atoms with Crippen molar-refractivity contribution in [2.75, 3.05) is 13.6 Å². The summed E-state index contributed by atoms with van der Waals surface area (Å²) in [6.45, 7) is 3.65. The van der Waals surface area contributed by atoms with E-state index in [4.69, 9.17) is 10.9 Å². The summed E-state index contributed by atoms with van der Waals surface area (Å²) in [5.74, 6) is 0.352. The second-order valence-electron chi connectivity index (χ2n) is 5.58. The molecule has 4 heteroatoms. The highest BCUT2D eigenvalue weighted by atomic mass is 16.4. The number of rotatable bonds is 5. The van der Waals surface area contributed by atoms with Gasteiger partial charge in [-0.15, -0.1) is 0 Å². The van der Waals surface area contributed by atoms with E-state index in [1.54, 1.807) is 0 Å². The van der Waals surface area contributed by atoms with Gasteiger partial charge in [0.25, 0.3) is 0 Å². The van der Waals surface area contributed by atoms with Crippen LogP contribution in [0.25, 0.3) is 0 Å². The van der Waals surface area contributed by atoms with Gasteiger partial charge in [-0.25, -0.2) is 0 Å². The highest BCUT2D eigenvalue weighted by Gasteiger charge is 2.13. The maximum atomic E-state index is 8.66. The van der Waals surface area contributed by atoms with Crippen molar-refractivity contribution in [3.63, 3.8) is 0 Å². The lowest BCUT2D eigenvalue weighted by molar-refractivity contribution is 0.290. The predicted molar refractivity (Wildman–Crippen MR) is 77.4 cm³/mol. The maximum absolute atomic E-state index is 8.66. The molecular weight excluding hydrogens is 238 g/mol. The maximum Gasteiger partial charge on any atom is 0.143 e. The number of nitrogens with two attached hydrogens (primary N) is 1. The molecule has 1 atom stereocenters. The number of hydrogen-bond acceptors (Lipinski definition) is 3. The molecule has 4 nitrogen and oxygen atoms in total. The number of nitrogens with zero attached hydrogens (tertiary/aromatic N) is 2. The van der Waals surface area contributed by atoms with Gasteiger partial charge in [-0.05, 0) is 43.0 Å². The number of hydrogen-bond donors (Lipinski definition) is 2. The summed E-state index contributed by atoms with van der Waals surface area (Å²) in [7, 11) is 2.06. The molecule has 104 valence electrons. The third-order valence-electron chi connectivity index (χ3n) is 3.82. The molecular formula is C15H23N3O. The van der Waals surface area contributed by atoms with Gasteiger partial charge in [0, 0.05) is 19.0 Å². The molecule has 0 aromatic heterocycles. The molecule has 0 amide bonds. The molecule has 0 fully saturated rings. The normalized spacial score (nSPS) is 16.7. The van der Waals surface area contributed by atoms with Gasteiger partial charge in [0.2, 0.25) is 0 Å². The molecule has 1 aromatic rings. The molecule has 0 heterocycles. The Morgan fingerprint density at radius 1 is 1.42 bits per heavy atom. The number of oxime groups is 1. The molecule has 0 aliphatic heterocycles. The fourth-order valence-corrected chi connectivity index (χ4v) is 2.76. The molecule has 0 spiro atoms. The van der Waals surface area contributed by atoms with Crippen molar-refractivity contribution < 1.29 is 5.21 Å². The van der Waals surface area contributed by atoms with Crippen LogP contribution in [0.5, 0.6) is 0 Å². The van der Waals surface area contributed by atoms with Crippen molar-refractivity contribution in [1.82, 2.24) is 4.90 Å². The molecule has 2 rings (SSSR count).